The Morgan fingerprint density at radius 2 is 1.84 bits per heavy atom. The molecule has 0 fully saturated rings. The molecule has 0 amide bonds. The Morgan fingerprint density at radius 3 is 2.47 bits per heavy atom. The SMILES string of the molecule is CCNc1cc(NCc2cnc(C)cn2)nc(N)n1. The maximum atomic E-state index is 5.65. The van der Waals surface area contributed by atoms with Gasteiger partial charge in [-0.3, -0.25) is 9.97 Å². The maximum absolute atomic E-state index is 5.65. The molecule has 7 nitrogen and oxygen atoms in total. The van der Waals surface area contributed by atoms with Crippen LogP contribution in [0.5, 0.6) is 0 Å². The van der Waals surface area contributed by atoms with Gasteiger partial charge in [-0.05, 0) is 13.8 Å². The molecular weight excluding hydrogens is 242 g/mol. The third kappa shape index (κ3) is 3.77. The number of nitrogens with zero attached hydrogens (tertiary/aromatic N) is 4. The van der Waals surface area contributed by atoms with Gasteiger partial charge in [0.05, 0.1) is 24.1 Å². The number of nitrogens with one attached hydrogen (secondary N) is 2. The summed E-state index contributed by atoms with van der Waals surface area (Å²) in [5, 5.41) is 6.24. The maximum Gasteiger partial charge on any atom is 0.223 e. The molecule has 0 saturated heterocycles. The van der Waals surface area contributed by atoms with E-state index in [0.717, 1.165) is 17.9 Å². The van der Waals surface area contributed by atoms with Gasteiger partial charge in [0.25, 0.3) is 0 Å². The molecule has 2 rings (SSSR count). The molecule has 7 heteroatoms. The van der Waals surface area contributed by atoms with Gasteiger partial charge >= 0.3 is 0 Å². The van der Waals surface area contributed by atoms with E-state index in [9.17, 15) is 0 Å². The molecule has 2 aromatic rings. The van der Waals surface area contributed by atoms with Crippen molar-refractivity contribution in [1.29, 1.82) is 0 Å². The molecule has 0 unspecified atom stereocenters. The fourth-order valence-corrected chi connectivity index (χ4v) is 1.52. The molecule has 2 heterocycles. The highest BCUT2D eigenvalue weighted by Gasteiger charge is 2.02. The van der Waals surface area contributed by atoms with Crippen LogP contribution in [0.3, 0.4) is 0 Å². The highest BCUT2D eigenvalue weighted by Crippen LogP contribution is 2.12. The summed E-state index contributed by atoms with van der Waals surface area (Å²) in [5.74, 6) is 1.59. The van der Waals surface area contributed by atoms with Crippen LogP contribution in [-0.2, 0) is 6.54 Å². The molecule has 0 spiro atoms. The highest BCUT2D eigenvalue weighted by molar-refractivity contribution is 5.50. The molecule has 100 valence electrons. The van der Waals surface area contributed by atoms with E-state index in [0.29, 0.717) is 18.2 Å². The van der Waals surface area contributed by atoms with Gasteiger partial charge in [-0.25, -0.2) is 0 Å². The van der Waals surface area contributed by atoms with Crippen LogP contribution >= 0.6 is 0 Å². The standard InChI is InChI=1S/C12H17N7/c1-3-14-10-4-11(19-12(13)18-10)17-7-9-6-15-8(2)5-16-9/h4-6H,3,7H2,1-2H3,(H4,13,14,17,18,19). The van der Waals surface area contributed by atoms with E-state index in [4.69, 9.17) is 5.73 Å². The van der Waals surface area contributed by atoms with Crippen molar-refractivity contribution in [3.63, 3.8) is 0 Å². The van der Waals surface area contributed by atoms with Crippen molar-refractivity contribution in [2.24, 2.45) is 0 Å². The summed E-state index contributed by atoms with van der Waals surface area (Å²) in [6.45, 7) is 5.21. The number of hydrogen-bond donors (Lipinski definition) is 3. The molecule has 0 aliphatic rings. The van der Waals surface area contributed by atoms with E-state index in [-0.39, 0.29) is 5.95 Å². The van der Waals surface area contributed by atoms with Crippen LogP contribution in [0.1, 0.15) is 18.3 Å². The van der Waals surface area contributed by atoms with Crippen molar-refractivity contribution in [3.05, 3.63) is 29.8 Å². The number of aryl methyl sites for hydroxylation is 1. The number of rotatable bonds is 5. The summed E-state index contributed by atoms with van der Waals surface area (Å²) < 4.78 is 0. The summed E-state index contributed by atoms with van der Waals surface area (Å²) in [6, 6.07) is 1.81. The summed E-state index contributed by atoms with van der Waals surface area (Å²) in [6.07, 6.45) is 3.47. The number of hydrogen-bond acceptors (Lipinski definition) is 7. The van der Waals surface area contributed by atoms with E-state index in [2.05, 4.69) is 30.6 Å². The van der Waals surface area contributed by atoms with E-state index in [1.54, 1.807) is 12.4 Å². The van der Waals surface area contributed by atoms with Crippen LogP contribution < -0.4 is 16.4 Å². The van der Waals surface area contributed by atoms with Gasteiger partial charge in [0.2, 0.25) is 5.95 Å². The van der Waals surface area contributed by atoms with Gasteiger partial charge in [0.15, 0.2) is 0 Å². The van der Waals surface area contributed by atoms with Crippen LogP contribution in [0.4, 0.5) is 17.6 Å². The minimum atomic E-state index is 0.232. The fraction of sp³-hybridized carbons (Fsp3) is 0.333. The van der Waals surface area contributed by atoms with Gasteiger partial charge in [0, 0.05) is 18.8 Å². The molecule has 0 aliphatic carbocycles. The molecule has 0 saturated carbocycles. The van der Waals surface area contributed by atoms with Gasteiger partial charge < -0.3 is 16.4 Å². The molecule has 0 aliphatic heterocycles. The van der Waals surface area contributed by atoms with E-state index in [1.165, 1.54) is 0 Å². The Kier molecular flexibility index (Phi) is 4.07. The zero-order valence-electron chi connectivity index (χ0n) is 11.0. The largest absolute Gasteiger partial charge is 0.370 e. The third-order valence-electron chi connectivity index (χ3n) is 2.39. The first-order chi connectivity index (χ1) is 9.17. The Bertz CT molecular complexity index is 538. The molecule has 0 atom stereocenters. The van der Waals surface area contributed by atoms with Crippen LogP contribution in [0.25, 0.3) is 0 Å². The normalized spacial score (nSPS) is 10.2. The minimum Gasteiger partial charge on any atom is -0.370 e. The fourth-order valence-electron chi connectivity index (χ4n) is 1.52. The summed E-state index contributed by atoms with van der Waals surface area (Å²) in [4.78, 5) is 16.6. The first-order valence-electron chi connectivity index (χ1n) is 6.07. The Hall–Kier alpha value is -2.44. The lowest BCUT2D eigenvalue weighted by Crippen LogP contribution is -2.08. The van der Waals surface area contributed by atoms with E-state index >= 15 is 0 Å². The molecule has 0 aromatic carbocycles. The molecule has 19 heavy (non-hydrogen) atoms. The number of nitrogen functional groups attached to an aromatic ring is 1. The quantitative estimate of drug-likeness (QED) is 0.741. The number of aromatic nitrogens is 4. The average Bonchev–Trinajstić information content (AvgIpc) is 2.38. The van der Waals surface area contributed by atoms with Crippen molar-refractivity contribution >= 4 is 17.6 Å². The van der Waals surface area contributed by atoms with E-state index < -0.39 is 0 Å². The van der Waals surface area contributed by atoms with Gasteiger partial charge in [-0.1, -0.05) is 0 Å². The van der Waals surface area contributed by atoms with Crippen molar-refractivity contribution in [1.82, 2.24) is 19.9 Å². The zero-order chi connectivity index (χ0) is 13.7. The molecule has 0 bridgehead atoms. The van der Waals surface area contributed by atoms with E-state index in [1.807, 2.05) is 19.9 Å². The molecule has 0 radical (unpaired) electrons. The highest BCUT2D eigenvalue weighted by atomic mass is 15.1. The van der Waals surface area contributed by atoms with Gasteiger partial charge in [-0.2, -0.15) is 9.97 Å². The lowest BCUT2D eigenvalue weighted by Gasteiger charge is -2.08. The Labute approximate surface area is 111 Å². The van der Waals surface area contributed by atoms with Crippen LogP contribution in [0.15, 0.2) is 18.5 Å². The van der Waals surface area contributed by atoms with Crippen molar-refractivity contribution in [2.45, 2.75) is 20.4 Å². The van der Waals surface area contributed by atoms with Gasteiger partial charge in [0.1, 0.15) is 11.6 Å². The van der Waals surface area contributed by atoms with Crippen LogP contribution in [0.2, 0.25) is 0 Å². The first kappa shape index (κ1) is 13.0. The Morgan fingerprint density at radius 1 is 1.11 bits per heavy atom. The number of anilines is 3. The lowest BCUT2D eigenvalue weighted by molar-refractivity contribution is 0.973. The van der Waals surface area contributed by atoms with Crippen LogP contribution in [-0.4, -0.2) is 26.5 Å². The summed E-state index contributed by atoms with van der Waals surface area (Å²) >= 11 is 0. The first-order valence-corrected chi connectivity index (χ1v) is 6.07. The van der Waals surface area contributed by atoms with Crippen molar-refractivity contribution < 1.29 is 0 Å². The number of nitrogens with two attached hydrogens (primary N) is 1. The predicted molar refractivity (Wildman–Crippen MR) is 74.7 cm³/mol. The summed E-state index contributed by atoms with van der Waals surface area (Å²) in [7, 11) is 0. The Balaban J connectivity index is 2.04. The molecule has 2 aromatic heterocycles. The molecule has 4 N–H and O–H groups in total. The molecular formula is C12H17N7. The summed E-state index contributed by atoms with van der Waals surface area (Å²) in [5.41, 5.74) is 7.38. The lowest BCUT2D eigenvalue weighted by atomic mass is 10.4. The second-order valence-corrected chi connectivity index (χ2v) is 4.03. The predicted octanol–water partition coefficient (Wildman–Crippen LogP) is 1.20. The zero-order valence-corrected chi connectivity index (χ0v) is 11.0. The van der Waals surface area contributed by atoms with Crippen LogP contribution in [0, 0.1) is 6.92 Å². The third-order valence-corrected chi connectivity index (χ3v) is 2.39. The topological polar surface area (TPSA) is 102 Å². The van der Waals surface area contributed by atoms with Gasteiger partial charge in [-0.15, -0.1) is 0 Å². The van der Waals surface area contributed by atoms with Crippen molar-refractivity contribution in [3.8, 4) is 0 Å². The monoisotopic (exact) mass is 259 g/mol. The minimum absolute atomic E-state index is 0.232. The smallest absolute Gasteiger partial charge is 0.223 e. The van der Waals surface area contributed by atoms with Crippen molar-refractivity contribution in [2.75, 3.05) is 22.9 Å². The average molecular weight is 259 g/mol. The second kappa shape index (κ2) is 5.94. The second-order valence-electron chi connectivity index (χ2n) is 4.03.